The average molecular weight is 372 g/mol. The number of fused-ring (bicyclic) bond motifs is 3. The molecule has 0 unspecified atom stereocenters. The van der Waals surface area contributed by atoms with Gasteiger partial charge in [-0.25, -0.2) is 9.59 Å². The van der Waals surface area contributed by atoms with Crippen molar-refractivity contribution in [2.45, 2.75) is 45.3 Å². The molecule has 1 fully saturated rings. The standard InChI is InChI=1S/C21H24O6/c1-20-10-15(12-7-8-26-11-12)27-19(24)14(20)9-17(22)21(2)13(18(23)25-3)5-4-6-16(20)21/h5,7-9,11,15-17,22H,4,6,10H2,1-3H3/t15-,16-,17-,20+,21-/m0/s1. The van der Waals surface area contributed by atoms with Crippen molar-refractivity contribution in [3.05, 3.63) is 47.5 Å². The second-order valence-corrected chi connectivity index (χ2v) is 8.12. The van der Waals surface area contributed by atoms with E-state index >= 15 is 0 Å². The predicted molar refractivity (Wildman–Crippen MR) is 95.3 cm³/mol. The zero-order valence-corrected chi connectivity index (χ0v) is 15.7. The van der Waals surface area contributed by atoms with Crippen LogP contribution >= 0.6 is 0 Å². The number of ether oxygens (including phenoxy) is 2. The first-order valence-electron chi connectivity index (χ1n) is 9.24. The number of allylic oxidation sites excluding steroid dienone is 1. The van der Waals surface area contributed by atoms with Crippen LogP contribution in [0.15, 0.2) is 46.3 Å². The van der Waals surface area contributed by atoms with Crippen molar-refractivity contribution in [1.29, 1.82) is 0 Å². The Morgan fingerprint density at radius 3 is 2.81 bits per heavy atom. The molecule has 0 amide bonds. The van der Waals surface area contributed by atoms with Crippen LogP contribution in [-0.2, 0) is 19.1 Å². The van der Waals surface area contributed by atoms with Crippen molar-refractivity contribution in [3.63, 3.8) is 0 Å². The zero-order chi connectivity index (χ0) is 19.4. The summed E-state index contributed by atoms with van der Waals surface area (Å²) in [6.07, 6.45) is 7.26. The quantitative estimate of drug-likeness (QED) is 0.803. The molecule has 1 saturated heterocycles. The summed E-state index contributed by atoms with van der Waals surface area (Å²) in [5, 5.41) is 11.0. The minimum absolute atomic E-state index is 0.0960. The van der Waals surface area contributed by atoms with Crippen LogP contribution in [0.5, 0.6) is 0 Å². The van der Waals surface area contributed by atoms with E-state index in [2.05, 4.69) is 0 Å². The van der Waals surface area contributed by atoms with Crippen LogP contribution in [0.3, 0.4) is 0 Å². The molecule has 0 bridgehead atoms. The third kappa shape index (κ3) is 2.42. The Balaban J connectivity index is 1.82. The third-order valence-electron chi connectivity index (χ3n) is 6.83. The number of hydrogen-bond donors (Lipinski definition) is 1. The lowest BCUT2D eigenvalue weighted by Crippen LogP contribution is -2.57. The van der Waals surface area contributed by atoms with Gasteiger partial charge in [-0.3, -0.25) is 0 Å². The molecule has 1 aliphatic heterocycles. The minimum atomic E-state index is -0.964. The van der Waals surface area contributed by atoms with Crippen LogP contribution in [0.2, 0.25) is 0 Å². The van der Waals surface area contributed by atoms with Crippen LogP contribution in [0.4, 0.5) is 0 Å². The molecule has 0 spiro atoms. The molecule has 0 aromatic carbocycles. The number of aliphatic hydroxyl groups excluding tert-OH is 1. The highest BCUT2D eigenvalue weighted by atomic mass is 16.5. The van der Waals surface area contributed by atoms with E-state index in [1.807, 2.05) is 19.9 Å². The summed E-state index contributed by atoms with van der Waals surface area (Å²) in [5.74, 6) is -0.932. The minimum Gasteiger partial charge on any atom is -0.472 e. The van der Waals surface area contributed by atoms with E-state index in [0.717, 1.165) is 12.0 Å². The van der Waals surface area contributed by atoms with Crippen LogP contribution in [-0.4, -0.2) is 30.3 Å². The lowest BCUT2D eigenvalue weighted by atomic mass is 9.48. The first-order valence-corrected chi connectivity index (χ1v) is 9.24. The lowest BCUT2D eigenvalue weighted by Gasteiger charge is -2.57. The Morgan fingerprint density at radius 2 is 2.15 bits per heavy atom. The second kappa shape index (κ2) is 6.09. The highest BCUT2D eigenvalue weighted by Crippen LogP contribution is 2.62. The molecule has 4 rings (SSSR count). The van der Waals surface area contributed by atoms with Crippen LogP contribution in [0.25, 0.3) is 0 Å². The molecule has 2 heterocycles. The molecule has 6 nitrogen and oxygen atoms in total. The highest BCUT2D eigenvalue weighted by Gasteiger charge is 2.61. The maximum Gasteiger partial charge on any atom is 0.334 e. The van der Waals surface area contributed by atoms with E-state index < -0.39 is 35.0 Å². The molecule has 6 heteroatoms. The number of furan rings is 1. The zero-order valence-electron chi connectivity index (χ0n) is 15.7. The first kappa shape index (κ1) is 18.0. The SMILES string of the molecule is COC(=O)C1=CCC[C@@H]2[C@@]1(C)[C@@H](O)C=C1C(=O)O[C@H](c3ccoc3)C[C@]12C. The van der Waals surface area contributed by atoms with E-state index in [0.29, 0.717) is 24.0 Å². The molecule has 1 aromatic rings. The molecule has 144 valence electrons. The second-order valence-electron chi connectivity index (χ2n) is 8.12. The fraction of sp³-hybridized carbons (Fsp3) is 0.524. The van der Waals surface area contributed by atoms with Crippen LogP contribution < -0.4 is 0 Å². The van der Waals surface area contributed by atoms with Gasteiger partial charge in [-0.1, -0.05) is 19.9 Å². The maximum atomic E-state index is 12.8. The number of rotatable bonds is 2. The van der Waals surface area contributed by atoms with Gasteiger partial charge in [0, 0.05) is 27.5 Å². The van der Waals surface area contributed by atoms with Gasteiger partial charge in [0.2, 0.25) is 0 Å². The largest absolute Gasteiger partial charge is 0.472 e. The number of carbonyl (C=O) groups is 2. The van der Waals surface area contributed by atoms with Gasteiger partial charge in [-0.2, -0.15) is 0 Å². The first-order chi connectivity index (χ1) is 12.8. The number of esters is 2. The molecule has 27 heavy (non-hydrogen) atoms. The average Bonchev–Trinajstić information content (AvgIpc) is 3.17. The van der Waals surface area contributed by atoms with Crippen LogP contribution in [0.1, 0.15) is 44.8 Å². The number of aliphatic hydroxyl groups is 1. The molecule has 5 atom stereocenters. The van der Waals surface area contributed by atoms with Crippen molar-refractivity contribution in [2.75, 3.05) is 7.11 Å². The fourth-order valence-electron chi connectivity index (χ4n) is 5.39. The Labute approximate surface area is 157 Å². The van der Waals surface area contributed by atoms with Crippen LogP contribution in [0, 0.1) is 16.7 Å². The van der Waals surface area contributed by atoms with E-state index in [-0.39, 0.29) is 5.92 Å². The molecule has 0 saturated carbocycles. The van der Waals surface area contributed by atoms with Crippen molar-refractivity contribution >= 4 is 11.9 Å². The number of cyclic esters (lactones) is 1. The van der Waals surface area contributed by atoms with Gasteiger partial charge in [-0.15, -0.1) is 0 Å². The van der Waals surface area contributed by atoms with Gasteiger partial charge in [-0.05, 0) is 37.3 Å². The van der Waals surface area contributed by atoms with Gasteiger partial charge in [0.25, 0.3) is 0 Å². The predicted octanol–water partition coefficient (Wildman–Crippen LogP) is 3.09. The number of hydrogen-bond acceptors (Lipinski definition) is 6. The molecular weight excluding hydrogens is 348 g/mol. The normalized spacial score (nSPS) is 38.1. The van der Waals surface area contributed by atoms with Gasteiger partial charge in [0.1, 0.15) is 6.10 Å². The summed E-state index contributed by atoms with van der Waals surface area (Å²) in [6.45, 7) is 3.94. The third-order valence-corrected chi connectivity index (χ3v) is 6.83. The van der Waals surface area contributed by atoms with E-state index in [9.17, 15) is 14.7 Å². The van der Waals surface area contributed by atoms with E-state index in [1.165, 1.54) is 7.11 Å². The smallest absolute Gasteiger partial charge is 0.334 e. The molecule has 2 aliphatic carbocycles. The van der Waals surface area contributed by atoms with Gasteiger partial charge in [0.05, 0.1) is 25.7 Å². The van der Waals surface area contributed by atoms with E-state index in [4.69, 9.17) is 13.9 Å². The lowest BCUT2D eigenvalue weighted by molar-refractivity contribution is -0.161. The topological polar surface area (TPSA) is 86.0 Å². The fourth-order valence-corrected chi connectivity index (χ4v) is 5.39. The summed E-state index contributed by atoms with van der Waals surface area (Å²) in [7, 11) is 1.35. The Kier molecular flexibility index (Phi) is 4.07. The summed E-state index contributed by atoms with van der Waals surface area (Å²) in [6, 6.07) is 1.80. The Bertz CT molecular complexity index is 835. The molecule has 1 aromatic heterocycles. The Hall–Kier alpha value is -2.34. The van der Waals surface area contributed by atoms with Gasteiger partial charge >= 0.3 is 11.9 Å². The molecule has 3 aliphatic rings. The monoisotopic (exact) mass is 372 g/mol. The maximum absolute atomic E-state index is 12.8. The molecular formula is C21H24O6. The van der Waals surface area contributed by atoms with E-state index in [1.54, 1.807) is 24.7 Å². The molecule has 0 radical (unpaired) electrons. The summed E-state index contributed by atoms with van der Waals surface area (Å²) in [5.41, 5.74) is 0.462. The van der Waals surface area contributed by atoms with Crippen molar-refractivity contribution in [1.82, 2.24) is 0 Å². The summed E-state index contributed by atoms with van der Waals surface area (Å²) >= 11 is 0. The van der Waals surface area contributed by atoms with Gasteiger partial charge < -0.3 is 19.0 Å². The summed E-state index contributed by atoms with van der Waals surface area (Å²) < 4.78 is 15.8. The highest BCUT2D eigenvalue weighted by molar-refractivity contribution is 5.93. The van der Waals surface area contributed by atoms with Gasteiger partial charge in [0.15, 0.2) is 0 Å². The van der Waals surface area contributed by atoms with Crippen molar-refractivity contribution < 1.29 is 28.6 Å². The summed E-state index contributed by atoms with van der Waals surface area (Å²) in [4.78, 5) is 25.2. The Morgan fingerprint density at radius 1 is 1.37 bits per heavy atom. The molecule has 1 N–H and O–H groups in total. The van der Waals surface area contributed by atoms with Crippen molar-refractivity contribution in [2.24, 2.45) is 16.7 Å². The number of methoxy groups -OCH3 is 1. The van der Waals surface area contributed by atoms with Crippen molar-refractivity contribution in [3.8, 4) is 0 Å². The number of carbonyl (C=O) groups excluding carboxylic acids is 2.